The molecule has 0 radical (unpaired) electrons. The second kappa shape index (κ2) is 6.95. The van der Waals surface area contributed by atoms with Crippen molar-refractivity contribution in [3.63, 3.8) is 0 Å². The number of hydrogen-bond acceptors (Lipinski definition) is 3. The van der Waals surface area contributed by atoms with Gasteiger partial charge in [0.15, 0.2) is 6.10 Å². The van der Waals surface area contributed by atoms with Crippen LogP contribution in [-0.2, 0) is 11.3 Å². The molecule has 0 saturated heterocycles. The molecule has 1 amide bonds. The molecule has 1 aromatic rings. The predicted molar refractivity (Wildman–Crippen MR) is 82.2 cm³/mol. The van der Waals surface area contributed by atoms with Gasteiger partial charge in [-0.25, -0.2) is 0 Å². The van der Waals surface area contributed by atoms with E-state index in [-0.39, 0.29) is 11.4 Å². The molecule has 0 heterocycles. The van der Waals surface area contributed by atoms with Crippen LogP contribution in [0.25, 0.3) is 0 Å². The molecule has 0 spiro atoms. The Bertz CT molecular complexity index is 469. The number of carbonyl (C=O) groups is 1. The maximum atomic E-state index is 12.0. The smallest absolute Gasteiger partial charge is 0.261 e. The summed E-state index contributed by atoms with van der Waals surface area (Å²) in [4.78, 5) is 12.0. The molecule has 0 aliphatic carbocycles. The van der Waals surface area contributed by atoms with Crippen molar-refractivity contribution < 1.29 is 9.53 Å². The standard InChI is InChI=1S/C15H23ClN2O2/c1-10(14(19)18-15(2,3)4)20-13-8-6-7-12(16)11(13)9-17-5/h6-8,10,17H,9H2,1-5H3,(H,18,19). The molecule has 20 heavy (non-hydrogen) atoms. The molecule has 0 fully saturated rings. The lowest BCUT2D eigenvalue weighted by atomic mass is 10.1. The molecule has 0 aliphatic rings. The molecule has 4 nitrogen and oxygen atoms in total. The number of carbonyl (C=O) groups excluding carboxylic acids is 1. The summed E-state index contributed by atoms with van der Waals surface area (Å²) < 4.78 is 5.75. The summed E-state index contributed by atoms with van der Waals surface area (Å²) in [6.07, 6.45) is -0.580. The van der Waals surface area contributed by atoms with Gasteiger partial charge in [0.2, 0.25) is 0 Å². The van der Waals surface area contributed by atoms with E-state index in [4.69, 9.17) is 16.3 Å². The lowest BCUT2D eigenvalue weighted by Crippen LogP contribution is -2.46. The Labute approximate surface area is 125 Å². The van der Waals surface area contributed by atoms with Gasteiger partial charge < -0.3 is 15.4 Å². The molecule has 0 aromatic heterocycles. The van der Waals surface area contributed by atoms with E-state index in [1.165, 1.54) is 0 Å². The van der Waals surface area contributed by atoms with Gasteiger partial charge in [0.25, 0.3) is 5.91 Å². The van der Waals surface area contributed by atoms with E-state index in [0.717, 1.165) is 5.56 Å². The van der Waals surface area contributed by atoms with Crippen molar-refractivity contribution in [1.29, 1.82) is 0 Å². The third kappa shape index (κ3) is 5.02. The minimum atomic E-state index is -0.580. The Kier molecular flexibility index (Phi) is 5.84. The molecule has 1 rings (SSSR count). The number of hydrogen-bond donors (Lipinski definition) is 2. The molecule has 0 bridgehead atoms. The summed E-state index contributed by atoms with van der Waals surface area (Å²) in [7, 11) is 1.84. The van der Waals surface area contributed by atoms with Crippen molar-refractivity contribution in [1.82, 2.24) is 10.6 Å². The molecule has 0 aliphatic heterocycles. The molecule has 112 valence electrons. The second-order valence-corrected chi connectivity index (χ2v) is 6.15. The fourth-order valence-corrected chi connectivity index (χ4v) is 1.95. The molecule has 1 atom stereocenters. The van der Waals surface area contributed by atoms with Crippen molar-refractivity contribution >= 4 is 17.5 Å². The lowest BCUT2D eigenvalue weighted by molar-refractivity contribution is -0.128. The quantitative estimate of drug-likeness (QED) is 0.879. The van der Waals surface area contributed by atoms with Crippen LogP contribution in [0.3, 0.4) is 0 Å². The normalized spacial score (nSPS) is 12.9. The molecular formula is C15H23ClN2O2. The highest BCUT2D eigenvalue weighted by atomic mass is 35.5. The molecule has 2 N–H and O–H groups in total. The van der Waals surface area contributed by atoms with E-state index in [9.17, 15) is 4.79 Å². The number of rotatable bonds is 5. The highest BCUT2D eigenvalue weighted by Gasteiger charge is 2.21. The minimum Gasteiger partial charge on any atom is -0.481 e. The number of benzene rings is 1. The van der Waals surface area contributed by atoms with Crippen molar-refractivity contribution in [2.24, 2.45) is 0 Å². The third-order valence-electron chi connectivity index (χ3n) is 2.60. The largest absolute Gasteiger partial charge is 0.481 e. The summed E-state index contributed by atoms with van der Waals surface area (Å²) in [5.74, 6) is 0.483. The van der Waals surface area contributed by atoms with Crippen molar-refractivity contribution in [2.75, 3.05) is 7.05 Å². The first-order valence-corrected chi connectivity index (χ1v) is 7.03. The highest BCUT2D eigenvalue weighted by Crippen LogP contribution is 2.27. The number of halogens is 1. The van der Waals surface area contributed by atoms with Crippen LogP contribution in [0.5, 0.6) is 5.75 Å². The second-order valence-electron chi connectivity index (χ2n) is 5.75. The minimum absolute atomic E-state index is 0.145. The van der Waals surface area contributed by atoms with E-state index < -0.39 is 6.10 Å². The Hall–Kier alpha value is -1.26. The maximum Gasteiger partial charge on any atom is 0.261 e. The summed E-state index contributed by atoms with van der Waals surface area (Å²) in [6.45, 7) is 8.12. The average Bonchev–Trinajstić information content (AvgIpc) is 2.31. The van der Waals surface area contributed by atoms with E-state index in [1.54, 1.807) is 13.0 Å². The Morgan fingerprint density at radius 2 is 2.05 bits per heavy atom. The van der Waals surface area contributed by atoms with Crippen LogP contribution in [-0.4, -0.2) is 24.6 Å². The fraction of sp³-hybridized carbons (Fsp3) is 0.533. The summed E-state index contributed by atoms with van der Waals surface area (Å²) in [6, 6.07) is 5.44. The average molecular weight is 299 g/mol. The van der Waals surface area contributed by atoms with Crippen LogP contribution in [0.1, 0.15) is 33.3 Å². The van der Waals surface area contributed by atoms with Crippen molar-refractivity contribution in [3.05, 3.63) is 28.8 Å². The Morgan fingerprint density at radius 1 is 1.40 bits per heavy atom. The van der Waals surface area contributed by atoms with Gasteiger partial charge in [-0.1, -0.05) is 17.7 Å². The Balaban J connectivity index is 2.82. The first-order valence-electron chi connectivity index (χ1n) is 6.65. The lowest BCUT2D eigenvalue weighted by Gasteiger charge is -2.24. The molecule has 0 saturated carbocycles. The molecular weight excluding hydrogens is 276 g/mol. The van der Waals surface area contributed by atoms with E-state index >= 15 is 0 Å². The Morgan fingerprint density at radius 3 is 2.60 bits per heavy atom. The number of amides is 1. The van der Waals surface area contributed by atoms with Crippen LogP contribution in [0, 0.1) is 0 Å². The van der Waals surface area contributed by atoms with Crippen LogP contribution in [0.4, 0.5) is 0 Å². The van der Waals surface area contributed by atoms with E-state index in [0.29, 0.717) is 17.3 Å². The van der Waals surface area contributed by atoms with E-state index in [2.05, 4.69) is 10.6 Å². The van der Waals surface area contributed by atoms with Crippen LogP contribution in [0.15, 0.2) is 18.2 Å². The van der Waals surface area contributed by atoms with E-state index in [1.807, 2.05) is 40.0 Å². The third-order valence-corrected chi connectivity index (χ3v) is 2.95. The first-order chi connectivity index (χ1) is 9.24. The predicted octanol–water partition coefficient (Wildman–Crippen LogP) is 2.74. The summed E-state index contributed by atoms with van der Waals surface area (Å²) in [5, 5.41) is 6.56. The molecule has 5 heteroatoms. The van der Waals surface area contributed by atoms with Gasteiger partial charge in [0.05, 0.1) is 0 Å². The number of ether oxygens (including phenoxy) is 1. The van der Waals surface area contributed by atoms with Gasteiger partial charge in [-0.15, -0.1) is 0 Å². The van der Waals surface area contributed by atoms with Crippen molar-refractivity contribution in [2.45, 2.75) is 45.9 Å². The zero-order chi connectivity index (χ0) is 15.3. The van der Waals surface area contributed by atoms with Crippen LogP contribution < -0.4 is 15.4 Å². The zero-order valence-electron chi connectivity index (χ0n) is 12.7. The van der Waals surface area contributed by atoms with Gasteiger partial charge in [-0.05, 0) is 46.9 Å². The topological polar surface area (TPSA) is 50.4 Å². The zero-order valence-corrected chi connectivity index (χ0v) is 13.5. The van der Waals surface area contributed by atoms with Gasteiger partial charge in [0, 0.05) is 22.7 Å². The van der Waals surface area contributed by atoms with Gasteiger partial charge in [-0.2, -0.15) is 0 Å². The van der Waals surface area contributed by atoms with Gasteiger partial charge in [-0.3, -0.25) is 4.79 Å². The van der Waals surface area contributed by atoms with Crippen molar-refractivity contribution in [3.8, 4) is 5.75 Å². The summed E-state index contributed by atoms with van der Waals surface area (Å²) in [5.41, 5.74) is 0.573. The highest BCUT2D eigenvalue weighted by molar-refractivity contribution is 6.31. The maximum absolute atomic E-state index is 12.0. The first kappa shape index (κ1) is 16.8. The van der Waals surface area contributed by atoms with Gasteiger partial charge in [0.1, 0.15) is 5.75 Å². The van der Waals surface area contributed by atoms with Gasteiger partial charge >= 0.3 is 0 Å². The van der Waals surface area contributed by atoms with Crippen LogP contribution >= 0.6 is 11.6 Å². The SMILES string of the molecule is CNCc1c(Cl)cccc1OC(C)C(=O)NC(C)(C)C. The van der Waals surface area contributed by atoms with Crippen LogP contribution in [0.2, 0.25) is 5.02 Å². The number of nitrogens with one attached hydrogen (secondary N) is 2. The monoisotopic (exact) mass is 298 g/mol. The summed E-state index contributed by atoms with van der Waals surface area (Å²) >= 11 is 6.16. The molecule has 1 unspecified atom stereocenters. The fourth-order valence-electron chi connectivity index (χ4n) is 1.71. The molecule has 1 aromatic carbocycles.